The zero-order chi connectivity index (χ0) is 17.5. The van der Waals surface area contributed by atoms with Crippen LogP contribution < -0.4 is 9.47 Å². The fourth-order valence-corrected chi connectivity index (χ4v) is 2.45. The third-order valence-electron chi connectivity index (χ3n) is 3.53. The number of hydrogen-bond donors (Lipinski definition) is 1. The summed E-state index contributed by atoms with van der Waals surface area (Å²) in [6.07, 6.45) is 1.64. The first-order chi connectivity index (χ1) is 11.6. The van der Waals surface area contributed by atoms with E-state index in [0.717, 1.165) is 16.9 Å². The molecule has 4 nitrogen and oxygen atoms in total. The molecule has 0 spiro atoms. The Balaban J connectivity index is 2.47. The van der Waals surface area contributed by atoms with Gasteiger partial charge in [0.05, 0.1) is 18.8 Å². The fourth-order valence-electron chi connectivity index (χ4n) is 2.45. The maximum Gasteiger partial charge on any atom is 0.336 e. The highest BCUT2D eigenvalue weighted by atomic mass is 16.5. The van der Waals surface area contributed by atoms with Gasteiger partial charge >= 0.3 is 5.97 Å². The minimum atomic E-state index is -0.982. The Kier molecular flexibility index (Phi) is 6.01. The van der Waals surface area contributed by atoms with Crippen LogP contribution in [0.2, 0.25) is 0 Å². The highest BCUT2D eigenvalue weighted by Gasteiger charge is 2.13. The molecule has 0 fully saturated rings. The molecule has 0 amide bonds. The maximum atomic E-state index is 11.8. The summed E-state index contributed by atoms with van der Waals surface area (Å²) in [5.74, 6) is 0.451. The number of carboxylic acids is 1. The smallest absolute Gasteiger partial charge is 0.336 e. The van der Waals surface area contributed by atoms with E-state index in [0.29, 0.717) is 24.5 Å². The molecule has 2 aromatic carbocycles. The van der Waals surface area contributed by atoms with Crippen LogP contribution in [0.1, 0.15) is 30.5 Å². The average molecular weight is 326 g/mol. The Bertz CT molecular complexity index is 747. The second-order valence-corrected chi connectivity index (χ2v) is 5.25. The number of ether oxygens (including phenoxy) is 2. The van der Waals surface area contributed by atoms with Crippen LogP contribution in [0.5, 0.6) is 11.5 Å². The summed E-state index contributed by atoms with van der Waals surface area (Å²) in [5, 5.41) is 9.63. The van der Waals surface area contributed by atoms with Crippen molar-refractivity contribution in [3.63, 3.8) is 0 Å². The van der Waals surface area contributed by atoms with Gasteiger partial charge in [0, 0.05) is 5.56 Å². The van der Waals surface area contributed by atoms with Gasteiger partial charge in [-0.05, 0) is 56.2 Å². The van der Waals surface area contributed by atoms with Gasteiger partial charge in [-0.3, -0.25) is 0 Å². The number of aryl methyl sites for hydroxylation is 1. The number of rotatable bonds is 7. The molecule has 0 bridgehead atoms. The molecule has 0 aliphatic rings. The molecule has 126 valence electrons. The minimum Gasteiger partial charge on any atom is -0.494 e. The first-order valence-electron chi connectivity index (χ1n) is 7.97. The Morgan fingerprint density at radius 3 is 2.33 bits per heavy atom. The van der Waals surface area contributed by atoms with Crippen LogP contribution in [-0.4, -0.2) is 24.3 Å². The average Bonchev–Trinajstić information content (AvgIpc) is 2.56. The SMILES string of the molecule is CCOc1ccc(/C(=C/c2ccccc2OCC)C(=O)O)cc1C. The lowest BCUT2D eigenvalue weighted by Gasteiger charge is -2.11. The highest BCUT2D eigenvalue weighted by Crippen LogP contribution is 2.28. The van der Waals surface area contributed by atoms with Gasteiger partial charge in [0.1, 0.15) is 11.5 Å². The van der Waals surface area contributed by atoms with Crippen molar-refractivity contribution in [2.45, 2.75) is 20.8 Å². The minimum absolute atomic E-state index is 0.216. The fraction of sp³-hybridized carbons (Fsp3) is 0.250. The van der Waals surface area contributed by atoms with Crippen molar-refractivity contribution >= 4 is 17.6 Å². The van der Waals surface area contributed by atoms with Crippen molar-refractivity contribution in [2.24, 2.45) is 0 Å². The van der Waals surface area contributed by atoms with E-state index < -0.39 is 5.97 Å². The van der Waals surface area contributed by atoms with Crippen molar-refractivity contribution in [3.8, 4) is 11.5 Å². The third kappa shape index (κ3) is 4.16. The molecule has 24 heavy (non-hydrogen) atoms. The van der Waals surface area contributed by atoms with E-state index in [-0.39, 0.29) is 5.57 Å². The molecule has 0 saturated carbocycles. The molecule has 0 radical (unpaired) electrons. The van der Waals surface area contributed by atoms with Crippen molar-refractivity contribution in [3.05, 3.63) is 59.2 Å². The van der Waals surface area contributed by atoms with E-state index in [9.17, 15) is 9.90 Å². The maximum absolute atomic E-state index is 11.8. The van der Waals surface area contributed by atoms with Crippen molar-refractivity contribution in [1.29, 1.82) is 0 Å². The lowest BCUT2D eigenvalue weighted by molar-refractivity contribution is -0.130. The van der Waals surface area contributed by atoms with Gasteiger partial charge < -0.3 is 14.6 Å². The monoisotopic (exact) mass is 326 g/mol. The van der Waals surface area contributed by atoms with Crippen molar-refractivity contribution < 1.29 is 19.4 Å². The van der Waals surface area contributed by atoms with Gasteiger partial charge in [0.25, 0.3) is 0 Å². The Hall–Kier alpha value is -2.75. The van der Waals surface area contributed by atoms with Gasteiger partial charge in [0.2, 0.25) is 0 Å². The van der Waals surface area contributed by atoms with Crippen LogP contribution in [0.25, 0.3) is 11.6 Å². The van der Waals surface area contributed by atoms with Gasteiger partial charge in [0.15, 0.2) is 0 Å². The summed E-state index contributed by atoms with van der Waals surface area (Å²) < 4.78 is 11.1. The lowest BCUT2D eigenvalue weighted by atomic mass is 10.00. The van der Waals surface area contributed by atoms with E-state index in [1.54, 1.807) is 18.2 Å². The molecule has 0 aliphatic heterocycles. The number of carboxylic acid groups (broad SMARTS) is 1. The predicted molar refractivity (Wildman–Crippen MR) is 95.5 cm³/mol. The molecule has 0 atom stereocenters. The third-order valence-corrected chi connectivity index (χ3v) is 3.53. The number of benzene rings is 2. The molecule has 2 aromatic rings. The molecule has 2 rings (SSSR count). The molecule has 0 aliphatic carbocycles. The second kappa shape index (κ2) is 8.20. The van der Waals surface area contributed by atoms with Crippen LogP contribution in [0.3, 0.4) is 0 Å². The van der Waals surface area contributed by atoms with Gasteiger partial charge in [-0.1, -0.05) is 24.3 Å². The molecular formula is C20H22O4. The van der Waals surface area contributed by atoms with Crippen molar-refractivity contribution in [1.82, 2.24) is 0 Å². The van der Waals surface area contributed by atoms with E-state index >= 15 is 0 Å². The van der Waals surface area contributed by atoms with Gasteiger partial charge in [-0.2, -0.15) is 0 Å². The zero-order valence-electron chi connectivity index (χ0n) is 14.2. The molecule has 0 heterocycles. The van der Waals surface area contributed by atoms with Crippen LogP contribution >= 0.6 is 0 Å². The van der Waals surface area contributed by atoms with E-state index in [1.165, 1.54) is 0 Å². The molecule has 4 heteroatoms. The normalized spacial score (nSPS) is 11.2. The number of para-hydroxylation sites is 1. The highest BCUT2D eigenvalue weighted by molar-refractivity contribution is 6.20. The molecule has 0 aromatic heterocycles. The summed E-state index contributed by atoms with van der Waals surface area (Å²) in [4.78, 5) is 11.8. The quantitative estimate of drug-likeness (QED) is 0.604. The van der Waals surface area contributed by atoms with Crippen LogP contribution in [0.15, 0.2) is 42.5 Å². The predicted octanol–water partition coefficient (Wildman–Crippen LogP) is 4.42. The molecule has 0 unspecified atom stereocenters. The summed E-state index contributed by atoms with van der Waals surface area (Å²) in [5.41, 5.74) is 2.49. The summed E-state index contributed by atoms with van der Waals surface area (Å²) >= 11 is 0. The second-order valence-electron chi connectivity index (χ2n) is 5.25. The summed E-state index contributed by atoms with van der Waals surface area (Å²) in [6, 6.07) is 12.8. The first kappa shape index (κ1) is 17.6. The first-order valence-corrected chi connectivity index (χ1v) is 7.97. The number of aliphatic carboxylic acids is 1. The van der Waals surface area contributed by atoms with Crippen molar-refractivity contribution in [2.75, 3.05) is 13.2 Å². The van der Waals surface area contributed by atoms with E-state index in [2.05, 4.69) is 0 Å². The van der Waals surface area contributed by atoms with Crippen LogP contribution in [0, 0.1) is 6.92 Å². The molecule has 1 N–H and O–H groups in total. The lowest BCUT2D eigenvalue weighted by Crippen LogP contribution is -2.02. The Labute approximate surface area is 142 Å². The summed E-state index contributed by atoms with van der Waals surface area (Å²) in [7, 11) is 0. The van der Waals surface area contributed by atoms with Gasteiger partial charge in [-0.25, -0.2) is 4.79 Å². The van der Waals surface area contributed by atoms with Gasteiger partial charge in [-0.15, -0.1) is 0 Å². The topological polar surface area (TPSA) is 55.8 Å². The van der Waals surface area contributed by atoms with E-state index in [1.807, 2.05) is 51.1 Å². The van der Waals surface area contributed by atoms with Crippen LogP contribution in [0.4, 0.5) is 0 Å². The van der Waals surface area contributed by atoms with E-state index in [4.69, 9.17) is 9.47 Å². The molecular weight excluding hydrogens is 304 g/mol. The standard InChI is InChI=1S/C20H22O4/c1-4-23-18-11-10-15(12-14(18)3)17(20(21)22)13-16-8-6-7-9-19(16)24-5-2/h6-13H,4-5H2,1-3H3,(H,21,22)/b17-13-. The summed E-state index contributed by atoms with van der Waals surface area (Å²) in [6.45, 7) is 6.82. The zero-order valence-corrected chi connectivity index (χ0v) is 14.2. The molecule has 0 saturated heterocycles. The number of hydrogen-bond acceptors (Lipinski definition) is 3. The number of carbonyl (C=O) groups is 1. The Morgan fingerprint density at radius 1 is 1.04 bits per heavy atom. The largest absolute Gasteiger partial charge is 0.494 e. The van der Waals surface area contributed by atoms with Crippen LogP contribution in [-0.2, 0) is 4.79 Å². The Morgan fingerprint density at radius 2 is 1.71 bits per heavy atom.